The highest BCUT2D eigenvalue weighted by atomic mass is 35.5. The summed E-state index contributed by atoms with van der Waals surface area (Å²) in [7, 11) is 1.28. The molecular formula is C32H33ClN8O5. The molecule has 0 spiro atoms. The number of benzene rings is 2. The summed E-state index contributed by atoms with van der Waals surface area (Å²) in [5, 5.41) is 20.9. The van der Waals surface area contributed by atoms with Gasteiger partial charge in [-0.3, -0.25) is 15.1 Å². The number of esters is 1. The number of rotatable bonds is 7. The molecule has 0 radical (unpaired) electrons. The molecule has 0 fully saturated rings. The van der Waals surface area contributed by atoms with Crippen molar-refractivity contribution in [2.45, 2.75) is 44.7 Å². The Labute approximate surface area is 270 Å². The van der Waals surface area contributed by atoms with E-state index in [4.69, 9.17) is 21.1 Å². The largest absolute Gasteiger partial charge is 0.464 e. The third-order valence-electron chi connectivity index (χ3n) is 7.38. The first kappa shape index (κ1) is 32.1. The fourth-order valence-corrected chi connectivity index (χ4v) is 5.36. The number of nitrogens with one attached hydrogen (secondary N) is 3. The molecule has 3 N–H and O–H groups in total. The van der Waals surface area contributed by atoms with Gasteiger partial charge in [-0.2, -0.15) is 4.68 Å². The van der Waals surface area contributed by atoms with Gasteiger partial charge in [0.15, 0.2) is 0 Å². The summed E-state index contributed by atoms with van der Waals surface area (Å²) in [6.07, 6.45) is 9.89. The molecule has 3 heterocycles. The molecule has 4 aromatic rings. The van der Waals surface area contributed by atoms with E-state index in [1.54, 1.807) is 55.7 Å². The highest BCUT2D eigenvalue weighted by Crippen LogP contribution is 2.34. The van der Waals surface area contributed by atoms with Crippen molar-refractivity contribution in [3.8, 4) is 16.8 Å². The number of carbonyl (C=O) groups is 3. The molecule has 2 amide bonds. The van der Waals surface area contributed by atoms with Gasteiger partial charge in [0.25, 0.3) is 0 Å². The zero-order valence-electron chi connectivity index (χ0n) is 25.3. The summed E-state index contributed by atoms with van der Waals surface area (Å²) in [5.41, 5.74) is 4.74. The lowest BCUT2D eigenvalue weighted by Crippen LogP contribution is -2.32. The molecule has 238 valence electrons. The van der Waals surface area contributed by atoms with Crippen LogP contribution in [0.25, 0.3) is 22.9 Å². The van der Waals surface area contributed by atoms with Crippen molar-refractivity contribution in [3.63, 3.8) is 0 Å². The van der Waals surface area contributed by atoms with E-state index in [-0.39, 0.29) is 24.5 Å². The molecule has 14 heteroatoms. The van der Waals surface area contributed by atoms with Gasteiger partial charge in [0.05, 0.1) is 25.4 Å². The topological polar surface area (TPSA) is 162 Å². The van der Waals surface area contributed by atoms with Crippen molar-refractivity contribution < 1.29 is 23.9 Å². The third-order valence-corrected chi connectivity index (χ3v) is 7.61. The average molecular weight is 645 g/mol. The zero-order valence-corrected chi connectivity index (χ0v) is 26.0. The predicted molar refractivity (Wildman–Crippen MR) is 172 cm³/mol. The van der Waals surface area contributed by atoms with Crippen LogP contribution in [-0.4, -0.2) is 62.9 Å². The Morgan fingerprint density at radius 3 is 2.74 bits per heavy atom. The van der Waals surface area contributed by atoms with Gasteiger partial charge in [-0.1, -0.05) is 30.5 Å². The molecule has 0 saturated carbocycles. The van der Waals surface area contributed by atoms with E-state index in [1.807, 2.05) is 12.1 Å². The SMILES string of the molecule is CCOC(=O)C1CCCCC(NC(=O)C=Cc2cc(Cl)ccc2-n2cnnn2)c2cncc(c2)-c2ccc(NC(=O)OC)cc2N1. The van der Waals surface area contributed by atoms with Crippen LogP contribution in [0.3, 0.4) is 0 Å². The van der Waals surface area contributed by atoms with Crippen molar-refractivity contribution in [2.24, 2.45) is 0 Å². The average Bonchev–Trinajstić information content (AvgIpc) is 3.59. The highest BCUT2D eigenvalue weighted by Gasteiger charge is 2.24. The van der Waals surface area contributed by atoms with Crippen LogP contribution in [0.4, 0.5) is 16.2 Å². The molecule has 2 aromatic heterocycles. The van der Waals surface area contributed by atoms with Gasteiger partial charge in [-0.25, -0.2) is 9.59 Å². The smallest absolute Gasteiger partial charge is 0.411 e. The first-order valence-electron chi connectivity index (χ1n) is 14.7. The summed E-state index contributed by atoms with van der Waals surface area (Å²) in [6, 6.07) is 11.5. The minimum atomic E-state index is -0.634. The second kappa shape index (κ2) is 15.1. The van der Waals surface area contributed by atoms with Crippen molar-refractivity contribution in [1.29, 1.82) is 0 Å². The monoisotopic (exact) mass is 644 g/mol. The Balaban J connectivity index is 1.45. The van der Waals surface area contributed by atoms with Gasteiger partial charge in [0.2, 0.25) is 5.91 Å². The number of hydrogen-bond donors (Lipinski definition) is 3. The van der Waals surface area contributed by atoms with Crippen LogP contribution >= 0.6 is 11.6 Å². The van der Waals surface area contributed by atoms with Crippen LogP contribution in [0.5, 0.6) is 0 Å². The summed E-state index contributed by atoms with van der Waals surface area (Å²) < 4.78 is 11.6. The van der Waals surface area contributed by atoms with Crippen LogP contribution in [-0.2, 0) is 19.1 Å². The quantitative estimate of drug-likeness (QED) is 0.177. The fourth-order valence-electron chi connectivity index (χ4n) is 5.18. The number of carbonyl (C=O) groups excluding carboxylic acids is 3. The molecule has 1 aliphatic heterocycles. The Bertz CT molecular complexity index is 1730. The number of halogens is 1. The maximum absolute atomic E-state index is 13.3. The Hall–Kier alpha value is -5.30. The molecule has 2 unspecified atom stereocenters. The van der Waals surface area contributed by atoms with Crippen LogP contribution in [0.15, 0.2) is 67.3 Å². The molecule has 46 heavy (non-hydrogen) atoms. The lowest BCUT2D eigenvalue weighted by molar-refractivity contribution is -0.144. The third kappa shape index (κ3) is 8.04. The van der Waals surface area contributed by atoms with E-state index in [0.717, 1.165) is 16.7 Å². The summed E-state index contributed by atoms with van der Waals surface area (Å²) in [6.45, 7) is 2.01. The van der Waals surface area contributed by atoms with E-state index < -0.39 is 12.1 Å². The molecule has 2 aromatic carbocycles. The summed E-state index contributed by atoms with van der Waals surface area (Å²) >= 11 is 6.24. The number of amides is 2. The van der Waals surface area contributed by atoms with Gasteiger partial charge in [-0.15, -0.1) is 5.10 Å². The minimum Gasteiger partial charge on any atom is -0.464 e. The molecule has 0 aliphatic carbocycles. The number of tetrazole rings is 1. The van der Waals surface area contributed by atoms with Crippen molar-refractivity contribution >= 4 is 47.0 Å². The lowest BCUT2D eigenvalue weighted by Gasteiger charge is -2.24. The lowest BCUT2D eigenvalue weighted by atomic mass is 9.95. The number of anilines is 2. The van der Waals surface area contributed by atoms with E-state index in [1.165, 1.54) is 24.2 Å². The number of methoxy groups -OCH3 is 1. The minimum absolute atomic E-state index is 0.244. The molecule has 2 bridgehead atoms. The van der Waals surface area contributed by atoms with Gasteiger partial charge < -0.3 is 20.1 Å². The number of pyridine rings is 1. The van der Waals surface area contributed by atoms with Gasteiger partial charge in [0, 0.05) is 51.6 Å². The van der Waals surface area contributed by atoms with E-state index >= 15 is 0 Å². The molecule has 0 saturated heterocycles. The highest BCUT2D eigenvalue weighted by molar-refractivity contribution is 6.30. The molecular weight excluding hydrogens is 612 g/mol. The first-order chi connectivity index (χ1) is 22.3. The van der Waals surface area contributed by atoms with Crippen LogP contribution in [0.1, 0.15) is 49.8 Å². The standard InChI is InChI=1S/C32H33ClN8O5/c1-3-46-31(43)27-7-5-4-6-26(38-30(42)13-8-20-15-23(33)9-12-29(20)41-19-35-39-40-41)22-14-21(17-34-18-22)25-11-10-24(16-28(25)37-27)36-32(44)45-2/h8-19,26-27,37H,3-7H2,1-2H3,(H,36,44)(H,38,42). The fraction of sp³-hybridized carbons (Fsp3) is 0.281. The van der Waals surface area contributed by atoms with Crippen LogP contribution < -0.4 is 16.0 Å². The predicted octanol–water partition coefficient (Wildman–Crippen LogP) is 5.34. The molecule has 13 nitrogen and oxygen atoms in total. The van der Waals surface area contributed by atoms with Crippen molar-refractivity contribution in [1.82, 2.24) is 30.5 Å². The van der Waals surface area contributed by atoms with E-state index in [9.17, 15) is 14.4 Å². The van der Waals surface area contributed by atoms with Gasteiger partial charge in [0.1, 0.15) is 12.4 Å². The summed E-state index contributed by atoms with van der Waals surface area (Å²) in [4.78, 5) is 42.6. The second-order valence-electron chi connectivity index (χ2n) is 10.5. The van der Waals surface area contributed by atoms with E-state index in [0.29, 0.717) is 53.3 Å². The number of ether oxygens (including phenoxy) is 2. The number of fused-ring (bicyclic) bond motifs is 4. The molecule has 1 aliphatic rings. The van der Waals surface area contributed by atoms with Crippen LogP contribution in [0.2, 0.25) is 5.02 Å². The Morgan fingerprint density at radius 2 is 1.96 bits per heavy atom. The Kier molecular flexibility index (Phi) is 10.6. The maximum atomic E-state index is 13.3. The number of hydrogen-bond acceptors (Lipinski definition) is 10. The first-order valence-corrected chi connectivity index (χ1v) is 15.1. The summed E-state index contributed by atoms with van der Waals surface area (Å²) in [5.74, 6) is -0.684. The second-order valence-corrected chi connectivity index (χ2v) is 10.9. The number of aromatic nitrogens is 5. The van der Waals surface area contributed by atoms with Crippen LogP contribution in [0, 0.1) is 0 Å². The normalized spacial score (nSPS) is 16.2. The van der Waals surface area contributed by atoms with E-state index in [2.05, 4.69) is 36.5 Å². The van der Waals surface area contributed by atoms with Gasteiger partial charge >= 0.3 is 12.1 Å². The van der Waals surface area contributed by atoms with Gasteiger partial charge in [-0.05, 0) is 78.2 Å². The Morgan fingerprint density at radius 1 is 1.11 bits per heavy atom. The van der Waals surface area contributed by atoms with Crippen molar-refractivity contribution in [3.05, 3.63) is 83.4 Å². The maximum Gasteiger partial charge on any atom is 0.411 e. The zero-order chi connectivity index (χ0) is 32.5. The number of nitrogens with zero attached hydrogens (tertiary/aromatic N) is 5. The molecule has 2 atom stereocenters. The molecule has 5 rings (SSSR count). The van der Waals surface area contributed by atoms with Crippen molar-refractivity contribution in [2.75, 3.05) is 24.4 Å².